The molecule has 0 amide bonds. The Morgan fingerprint density at radius 3 is 1.63 bits per heavy atom. The maximum Gasteiger partial charge on any atom is 0.513 e. The molecule has 3 rings (SSSR count). The van der Waals surface area contributed by atoms with E-state index in [1.165, 1.54) is 36.4 Å². The minimum absolute atomic E-state index is 0.125. The fourth-order valence-corrected chi connectivity index (χ4v) is 3.85. The molecule has 0 N–H and O–H groups in total. The van der Waals surface area contributed by atoms with E-state index < -0.39 is 18.1 Å². The summed E-state index contributed by atoms with van der Waals surface area (Å²) in [6.07, 6.45) is 7.86. The second kappa shape index (κ2) is 19.6. The van der Waals surface area contributed by atoms with Gasteiger partial charge in [0.25, 0.3) is 0 Å². The molecule has 10 nitrogen and oxygen atoms in total. The number of ether oxygens (including phenoxy) is 6. The van der Waals surface area contributed by atoms with E-state index in [4.69, 9.17) is 28.4 Å². The van der Waals surface area contributed by atoms with Crippen molar-refractivity contribution in [3.63, 3.8) is 0 Å². The molecular weight excluding hydrogens is 592 g/mol. The summed E-state index contributed by atoms with van der Waals surface area (Å²) in [6, 6.07) is 21.4. The third-order valence-electron chi connectivity index (χ3n) is 6.19. The van der Waals surface area contributed by atoms with Gasteiger partial charge in [0.2, 0.25) is 0 Å². The van der Waals surface area contributed by atoms with Gasteiger partial charge >= 0.3 is 24.1 Å². The van der Waals surface area contributed by atoms with Crippen molar-refractivity contribution in [2.24, 2.45) is 0 Å². The predicted octanol–water partition coefficient (Wildman–Crippen LogP) is 6.89. The van der Waals surface area contributed by atoms with Crippen LogP contribution in [0.3, 0.4) is 0 Å². The molecule has 0 bridgehead atoms. The van der Waals surface area contributed by atoms with E-state index in [-0.39, 0.29) is 30.7 Å². The molecule has 3 aromatic carbocycles. The number of hydrogen-bond acceptors (Lipinski definition) is 10. The minimum Gasteiger partial charge on any atom is -0.494 e. The van der Waals surface area contributed by atoms with E-state index in [1.807, 2.05) is 48.5 Å². The summed E-state index contributed by atoms with van der Waals surface area (Å²) < 4.78 is 30.6. The van der Waals surface area contributed by atoms with Crippen LogP contribution in [-0.4, -0.2) is 50.5 Å². The normalized spacial score (nSPS) is 10.4. The van der Waals surface area contributed by atoms with Gasteiger partial charge in [-0.2, -0.15) is 0 Å². The monoisotopic (exact) mass is 628 g/mol. The van der Waals surface area contributed by atoms with Gasteiger partial charge in [0.15, 0.2) is 0 Å². The molecule has 0 aromatic heterocycles. The average molecular weight is 629 g/mol. The standard InChI is InChI=1S/C36H36O10/c1-3-33(37)42-24-8-6-5-7-23-41-30-16-14-29(15-17-30)28-12-9-27(10-13-28)11-22-35(39)45-31-18-20-32(21-19-31)46-36(40)44-26-25-43-34(38)4-2/h3-4,9-22H,1-2,5-8,23-26H2/b22-11+. The molecule has 0 aliphatic carbocycles. The van der Waals surface area contributed by atoms with Gasteiger partial charge in [-0.1, -0.05) is 49.6 Å². The van der Waals surface area contributed by atoms with E-state index in [1.54, 1.807) is 6.08 Å². The lowest BCUT2D eigenvalue weighted by molar-refractivity contribution is -0.139. The highest BCUT2D eigenvalue weighted by Crippen LogP contribution is 2.24. The van der Waals surface area contributed by atoms with Crippen molar-refractivity contribution < 1.29 is 47.6 Å². The van der Waals surface area contributed by atoms with Crippen molar-refractivity contribution >= 4 is 30.1 Å². The summed E-state index contributed by atoms with van der Waals surface area (Å²) >= 11 is 0. The lowest BCUT2D eigenvalue weighted by atomic mass is 10.0. The fraction of sp³-hybridized carbons (Fsp3) is 0.222. The van der Waals surface area contributed by atoms with Crippen LogP contribution in [0.15, 0.2) is 104 Å². The third-order valence-corrected chi connectivity index (χ3v) is 6.19. The molecule has 0 spiro atoms. The summed E-state index contributed by atoms with van der Waals surface area (Å²) in [6.45, 7) is 7.36. The quantitative estimate of drug-likeness (QED) is 0.0367. The molecule has 0 saturated heterocycles. The number of unbranched alkanes of at least 4 members (excludes halogenated alkanes) is 3. The number of esters is 3. The van der Waals surface area contributed by atoms with E-state index in [0.29, 0.717) is 13.2 Å². The first-order chi connectivity index (χ1) is 22.4. The van der Waals surface area contributed by atoms with Crippen molar-refractivity contribution in [1.82, 2.24) is 0 Å². The molecule has 0 aliphatic heterocycles. The number of carbonyl (C=O) groups excluding carboxylic acids is 4. The lowest BCUT2D eigenvalue weighted by Crippen LogP contribution is -2.15. The molecular formula is C36H36O10. The van der Waals surface area contributed by atoms with Crippen molar-refractivity contribution in [3.8, 4) is 28.4 Å². The van der Waals surface area contributed by atoms with Crippen LogP contribution in [-0.2, 0) is 28.6 Å². The zero-order valence-corrected chi connectivity index (χ0v) is 25.4. The topological polar surface area (TPSA) is 124 Å². The fourth-order valence-electron chi connectivity index (χ4n) is 3.85. The average Bonchev–Trinajstić information content (AvgIpc) is 3.08. The van der Waals surface area contributed by atoms with Crippen LogP contribution in [0, 0.1) is 0 Å². The Bertz CT molecular complexity index is 1470. The Kier molecular flexibility index (Phi) is 14.8. The molecule has 0 saturated carbocycles. The zero-order chi connectivity index (χ0) is 33.0. The van der Waals surface area contributed by atoms with Crippen LogP contribution in [0.4, 0.5) is 4.79 Å². The third kappa shape index (κ3) is 13.3. The minimum atomic E-state index is -0.971. The van der Waals surface area contributed by atoms with Gasteiger partial charge in [-0.05, 0) is 84.8 Å². The van der Waals surface area contributed by atoms with Crippen LogP contribution < -0.4 is 14.2 Å². The number of rotatable bonds is 18. The Labute approximate surface area is 267 Å². The summed E-state index contributed by atoms with van der Waals surface area (Å²) in [7, 11) is 0. The van der Waals surface area contributed by atoms with Crippen molar-refractivity contribution in [1.29, 1.82) is 0 Å². The first kappa shape index (κ1) is 34.8. The molecule has 46 heavy (non-hydrogen) atoms. The maximum atomic E-state index is 12.3. The second-order valence-electron chi connectivity index (χ2n) is 9.58. The maximum absolute atomic E-state index is 12.3. The number of hydrogen-bond donors (Lipinski definition) is 0. The van der Waals surface area contributed by atoms with Gasteiger partial charge in [0.1, 0.15) is 30.5 Å². The molecule has 0 aliphatic rings. The molecule has 240 valence electrons. The second-order valence-corrected chi connectivity index (χ2v) is 9.58. The largest absolute Gasteiger partial charge is 0.513 e. The van der Waals surface area contributed by atoms with Crippen LogP contribution in [0.5, 0.6) is 17.2 Å². The van der Waals surface area contributed by atoms with Crippen molar-refractivity contribution in [2.75, 3.05) is 26.4 Å². The Morgan fingerprint density at radius 1 is 0.522 bits per heavy atom. The molecule has 10 heteroatoms. The van der Waals surface area contributed by atoms with Gasteiger partial charge in [-0.25, -0.2) is 19.2 Å². The Hall–Kier alpha value is -5.64. The van der Waals surface area contributed by atoms with Crippen molar-refractivity contribution in [2.45, 2.75) is 25.7 Å². The van der Waals surface area contributed by atoms with Crippen molar-refractivity contribution in [3.05, 3.63) is 110 Å². The van der Waals surface area contributed by atoms with Crippen LogP contribution in [0.25, 0.3) is 17.2 Å². The van der Waals surface area contributed by atoms with E-state index in [9.17, 15) is 19.2 Å². The van der Waals surface area contributed by atoms with Gasteiger partial charge in [0.05, 0.1) is 13.2 Å². The zero-order valence-electron chi connectivity index (χ0n) is 25.4. The summed E-state index contributed by atoms with van der Waals surface area (Å²) in [5.41, 5.74) is 2.87. The summed E-state index contributed by atoms with van der Waals surface area (Å²) in [5.74, 6) is -0.344. The van der Waals surface area contributed by atoms with Crippen LogP contribution >= 0.6 is 0 Å². The molecule has 0 heterocycles. The SMILES string of the molecule is C=CC(=O)OCCCCCCOc1ccc(-c2ccc(/C=C/C(=O)Oc3ccc(OC(=O)OCCOC(=O)C=C)cc3)cc2)cc1. The molecule has 0 radical (unpaired) electrons. The lowest BCUT2D eigenvalue weighted by Gasteiger charge is -2.08. The Balaban J connectivity index is 1.36. The molecule has 0 atom stereocenters. The Morgan fingerprint density at radius 2 is 1.02 bits per heavy atom. The predicted molar refractivity (Wildman–Crippen MR) is 171 cm³/mol. The molecule has 0 fully saturated rings. The van der Waals surface area contributed by atoms with Gasteiger partial charge in [-0.3, -0.25) is 0 Å². The van der Waals surface area contributed by atoms with Gasteiger partial charge < -0.3 is 28.4 Å². The smallest absolute Gasteiger partial charge is 0.494 e. The summed E-state index contributed by atoms with van der Waals surface area (Å²) in [4.78, 5) is 45.9. The van der Waals surface area contributed by atoms with Gasteiger partial charge in [0, 0.05) is 18.2 Å². The van der Waals surface area contributed by atoms with Crippen LogP contribution in [0.1, 0.15) is 31.2 Å². The number of carbonyl (C=O) groups is 4. The van der Waals surface area contributed by atoms with Gasteiger partial charge in [-0.15, -0.1) is 0 Å². The highest BCUT2D eigenvalue weighted by atomic mass is 16.7. The van der Waals surface area contributed by atoms with E-state index in [0.717, 1.165) is 54.2 Å². The molecule has 0 unspecified atom stereocenters. The van der Waals surface area contributed by atoms with E-state index in [2.05, 4.69) is 13.2 Å². The highest BCUT2D eigenvalue weighted by Gasteiger charge is 2.08. The van der Waals surface area contributed by atoms with E-state index >= 15 is 0 Å². The molecule has 3 aromatic rings. The summed E-state index contributed by atoms with van der Waals surface area (Å²) in [5, 5.41) is 0. The highest BCUT2D eigenvalue weighted by molar-refractivity contribution is 5.89. The first-order valence-electron chi connectivity index (χ1n) is 14.6. The van der Waals surface area contributed by atoms with Crippen LogP contribution in [0.2, 0.25) is 0 Å². The first-order valence-corrected chi connectivity index (χ1v) is 14.6. The number of benzene rings is 3.